The predicted molar refractivity (Wildman–Crippen MR) is 93.4 cm³/mol. The minimum Gasteiger partial charge on any atom is -0.268 e. The molecule has 0 N–H and O–H groups in total. The van der Waals surface area contributed by atoms with E-state index in [1.54, 1.807) is 24.3 Å². The first kappa shape index (κ1) is 17.1. The lowest BCUT2D eigenvalue weighted by Gasteiger charge is -2.22. The highest BCUT2D eigenvalue weighted by atomic mass is 35.5. The van der Waals surface area contributed by atoms with Crippen molar-refractivity contribution >= 4 is 33.4 Å². The number of carbonyl (C=O) groups is 2. The van der Waals surface area contributed by atoms with Crippen molar-refractivity contribution in [2.75, 3.05) is 13.1 Å². The van der Waals surface area contributed by atoms with Gasteiger partial charge in [-0.15, -0.1) is 0 Å². The zero-order valence-electron chi connectivity index (χ0n) is 13.5. The SMILES string of the molecule is O=C1c2cccnc2C(=O)N1C1CCN(S(=O)(=O)c2cccc(Cl)c2)C1. The molecular weight excluding hydrogens is 378 g/mol. The van der Waals surface area contributed by atoms with E-state index in [0.29, 0.717) is 11.4 Å². The maximum atomic E-state index is 12.8. The summed E-state index contributed by atoms with van der Waals surface area (Å²) in [5.41, 5.74) is 0.377. The minimum absolute atomic E-state index is 0.0559. The van der Waals surface area contributed by atoms with Crippen LogP contribution in [0.3, 0.4) is 0 Å². The highest BCUT2D eigenvalue weighted by molar-refractivity contribution is 7.89. The molecule has 0 bridgehead atoms. The third-order valence-corrected chi connectivity index (χ3v) is 6.70. The molecule has 0 spiro atoms. The van der Waals surface area contributed by atoms with Crippen LogP contribution >= 0.6 is 11.6 Å². The Hall–Kier alpha value is -2.29. The number of halogens is 1. The maximum Gasteiger partial charge on any atom is 0.280 e. The Morgan fingerprint density at radius 3 is 2.65 bits per heavy atom. The summed E-state index contributed by atoms with van der Waals surface area (Å²) in [4.78, 5) is 30.3. The smallest absolute Gasteiger partial charge is 0.268 e. The monoisotopic (exact) mass is 391 g/mol. The van der Waals surface area contributed by atoms with Crippen molar-refractivity contribution in [2.45, 2.75) is 17.4 Å². The molecule has 134 valence electrons. The minimum atomic E-state index is -3.74. The van der Waals surface area contributed by atoms with Crippen LogP contribution in [-0.4, -0.2) is 53.6 Å². The van der Waals surface area contributed by atoms with Crippen molar-refractivity contribution in [3.63, 3.8) is 0 Å². The molecule has 2 aliphatic heterocycles. The van der Waals surface area contributed by atoms with Crippen molar-refractivity contribution in [2.24, 2.45) is 0 Å². The predicted octanol–water partition coefficient (Wildman–Crippen LogP) is 1.79. The molecule has 3 heterocycles. The van der Waals surface area contributed by atoms with Gasteiger partial charge in [-0.25, -0.2) is 8.42 Å². The van der Waals surface area contributed by atoms with Gasteiger partial charge in [-0.2, -0.15) is 4.31 Å². The number of fused-ring (bicyclic) bond motifs is 1. The van der Waals surface area contributed by atoms with Gasteiger partial charge in [0.2, 0.25) is 10.0 Å². The van der Waals surface area contributed by atoms with Crippen LogP contribution in [0, 0.1) is 0 Å². The van der Waals surface area contributed by atoms with E-state index in [2.05, 4.69) is 4.98 Å². The summed E-state index contributed by atoms with van der Waals surface area (Å²) < 4.78 is 26.9. The van der Waals surface area contributed by atoms with Gasteiger partial charge in [0.15, 0.2) is 0 Å². The lowest BCUT2D eigenvalue weighted by atomic mass is 10.2. The van der Waals surface area contributed by atoms with Crippen LogP contribution in [0.5, 0.6) is 0 Å². The molecule has 0 saturated carbocycles. The van der Waals surface area contributed by atoms with E-state index in [-0.39, 0.29) is 29.2 Å². The van der Waals surface area contributed by atoms with Gasteiger partial charge in [0, 0.05) is 24.3 Å². The van der Waals surface area contributed by atoms with Crippen LogP contribution in [-0.2, 0) is 10.0 Å². The molecule has 7 nitrogen and oxygen atoms in total. The van der Waals surface area contributed by atoms with Gasteiger partial charge in [0.25, 0.3) is 11.8 Å². The van der Waals surface area contributed by atoms with E-state index in [0.717, 1.165) is 4.90 Å². The van der Waals surface area contributed by atoms with Crippen LogP contribution in [0.15, 0.2) is 47.5 Å². The third-order valence-electron chi connectivity index (χ3n) is 4.60. The number of rotatable bonds is 3. The average molecular weight is 392 g/mol. The molecule has 1 fully saturated rings. The van der Waals surface area contributed by atoms with E-state index in [1.165, 1.54) is 22.6 Å². The highest BCUT2D eigenvalue weighted by Gasteiger charge is 2.45. The van der Waals surface area contributed by atoms with Gasteiger partial charge in [-0.1, -0.05) is 17.7 Å². The van der Waals surface area contributed by atoms with E-state index in [1.807, 2.05) is 0 Å². The number of benzene rings is 1. The number of hydrogen-bond acceptors (Lipinski definition) is 5. The molecule has 1 atom stereocenters. The van der Waals surface area contributed by atoms with Crippen LogP contribution in [0.1, 0.15) is 27.3 Å². The molecule has 2 amide bonds. The molecule has 2 aliphatic rings. The van der Waals surface area contributed by atoms with Crippen LogP contribution in [0.2, 0.25) is 5.02 Å². The molecule has 26 heavy (non-hydrogen) atoms. The Balaban J connectivity index is 1.58. The quantitative estimate of drug-likeness (QED) is 0.744. The lowest BCUT2D eigenvalue weighted by Crippen LogP contribution is -2.42. The number of aromatic nitrogens is 1. The van der Waals surface area contributed by atoms with Gasteiger partial charge in [-0.05, 0) is 36.8 Å². The second-order valence-corrected chi connectivity index (χ2v) is 8.52. The number of amides is 2. The number of sulfonamides is 1. The Labute approximate surface area is 155 Å². The van der Waals surface area contributed by atoms with Crippen LogP contribution in [0.25, 0.3) is 0 Å². The van der Waals surface area contributed by atoms with Crippen molar-refractivity contribution in [1.82, 2.24) is 14.2 Å². The molecule has 9 heteroatoms. The Morgan fingerprint density at radius 2 is 1.92 bits per heavy atom. The fraction of sp³-hybridized carbons (Fsp3) is 0.235. The average Bonchev–Trinajstić information content (AvgIpc) is 3.20. The molecule has 4 rings (SSSR count). The van der Waals surface area contributed by atoms with E-state index in [4.69, 9.17) is 11.6 Å². The largest absolute Gasteiger partial charge is 0.280 e. The first-order valence-electron chi connectivity index (χ1n) is 7.98. The summed E-state index contributed by atoms with van der Waals surface area (Å²) in [6.45, 7) is 0.278. The van der Waals surface area contributed by atoms with Crippen molar-refractivity contribution in [3.05, 3.63) is 58.9 Å². The topological polar surface area (TPSA) is 87.7 Å². The summed E-state index contributed by atoms with van der Waals surface area (Å²) >= 11 is 5.89. The second-order valence-electron chi connectivity index (χ2n) is 6.14. The van der Waals surface area contributed by atoms with Crippen molar-refractivity contribution in [3.8, 4) is 0 Å². The van der Waals surface area contributed by atoms with Gasteiger partial charge < -0.3 is 0 Å². The van der Waals surface area contributed by atoms with Gasteiger partial charge in [-0.3, -0.25) is 19.5 Å². The number of hydrogen-bond donors (Lipinski definition) is 0. The van der Waals surface area contributed by atoms with Gasteiger partial charge >= 0.3 is 0 Å². The summed E-state index contributed by atoms with van der Waals surface area (Å²) in [7, 11) is -3.74. The molecule has 2 aromatic rings. The summed E-state index contributed by atoms with van der Waals surface area (Å²) in [5.74, 6) is -0.900. The van der Waals surface area contributed by atoms with E-state index in [9.17, 15) is 18.0 Å². The van der Waals surface area contributed by atoms with Gasteiger partial charge in [0.05, 0.1) is 16.5 Å². The summed E-state index contributed by atoms with van der Waals surface area (Å²) in [6.07, 6.45) is 1.84. The number of nitrogens with zero attached hydrogens (tertiary/aromatic N) is 3. The Morgan fingerprint density at radius 1 is 1.12 bits per heavy atom. The molecule has 1 aromatic carbocycles. The second kappa shape index (κ2) is 6.15. The molecular formula is C17H14ClN3O4S. The maximum absolute atomic E-state index is 12.8. The Kier molecular flexibility index (Phi) is 4.06. The fourth-order valence-corrected chi connectivity index (χ4v) is 5.13. The Bertz CT molecular complexity index is 989. The van der Waals surface area contributed by atoms with Crippen LogP contribution in [0.4, 0.5) is 0 Å². The van der Waals surface area contributed by atoms with E-state index < -0.39 is 27.9 Å². The van der Waals surface area contributed by atoms with Crippen molar-refractivity contribution < 1.29 is 18.0 Å². The first-order valence-corrected chi connectivity index (χ1v) is 9.80. The summed E-state index contributed by atoms with van der Waals surface area (Å²) in [6, 6.07) is 8.66. The van der Waals surface area contributed by atoms with Crippen molar-refractivity contribution in [1.29, 1.82) is 0 Å². The number of carbonyl (C=O) groups excluding carboxylic acids is 2. The molecule has 1 unspecified atom stereocenters. The molecule has 1 saturated heterocycles. The molecule has 1 aromatic heterocycles. The van der Waals surface area contributed by atoms with E-state index >= 15 is 0 Å². The summed E-state index contributed by atoms with van der Waals surface area (Å²) in [5, 5.41) is 0.327. The molecule has 0 radical (unpaired) electrons. The van der Waals surface area contributed by atoms with Crippen LogP contribution < -0.4 is 0 Å². The zero-order chi connectivity index (χ0) is 18.5. The normalized spacial score (nSPS) is 20.7. The standard InChI is InChI=1S/C17H14ClN3O4S/c18-11-3-1-4-13(9-11)26(24,25)20-8-6-12(10-20)21-16(22)14-5-2-7-19-15(14)17(21)23/h1-5,7,9,12H,6,8,10H2. The number of imide groups is 1. The van der Waals surface area contributed by atoms with Gasteiger partial charge in [0.1, 0.15) is 5.69 Å². The molecule has 0 aliphatic carbocycles. The fourth-order valence-electron chi connectivity index (χ4n) is 3.33. The third kappa shape index (κ3) is 2.61. The first-order chi connectivity index (χ1) is 12.4. The zero-order valence-corrected chi connectivity index (χ0v) is 15.1. The highest BCUT2D eigenvalue weighted by Crippen LogP contribution is 2.30. The number of pyridine rings is 1. The lowest BCUT2D eigenvalue weighted by molar-refractivity contribution is 0.0591.